The summed E-state index contributed by atoms with van der Waals surface area (Å²) in [6, 6.07) is 11.9. The van der Waals surface area contributed by atoms with Gasteiger partial charge in [0, 0.05) is 17.3 Å². The van der Waals surface area contributed by atoms with E-state index in [1.54, 1.807) is 42.5 Å². The summed E-state index contributed by atoms with van der Waals surface area (Å²) in [6.07, 6.45) is 0.429. The predicted molar refractivity (Wildman–Crippen MR) is 113 cm³/mol. The highest BCUT2D eigenvalue weighted by atomic mass is 79.9. The highest BCUT2D eigenvalue weighted by Crippen LogP contribution is 2.25. The lowest BCUT2D eigenvalue weighted by Crippen LogP contribution is -2.21. The van der Waals surface area contributed by atoms with Crippen LogP contribution in [0.5, 0.6) is 0 Å². The number of halogens is 3. The number of hydrogen-bond donors (Lipinski definition) is 2. The molecule has 2 amide bonds. The van der Waals surface area contributed by atoms with E-state index in [9.17, 15) is 14.4 Å². The van der Waals surface area contributed by atoms with E-state index >= 15 is 0 Å². The van der Waals surface area contributed by atoms with Gasteiger partial charge in [0.05, 0.1) is 21.4 Å². The first-order chi connectivity index (χ1) is 13.3. The van der Waals surface area contributed by atoms with Gasteiger partial charge in [0.15, 0.2) is 6.61 Å². The van der Waals surface area contributed by atoms with E-state index in [0.717, 1.165) is 4.47 Å². The maximum Gasteiger partial charge on any atom is 0.306 e. The number of benzene rings is 2. The molecule has 2 rings (SSSR count). The minimum atomic E-state index is -0.567. The predicted octanol–water partition coefficient (Wildman–Crippen LogP) is 5.05. The highest BCUT2D eigenvalue weighted by molar-refractivity contribution is 9.10. The molecule has 0 heterocycles. The second-order valence-electron chi connectivity index (χ2n) is 5.71. The molecular formula is C19H17BrCl2N2O4. The van der Waals surface area contributed by atoms with Gasteiger partial charge < -0.3 is 15.4 Å². The topological polar surface area (TPSA) is 84.5 Å². The number of amides is 2. The average Bonchev–Trinajstić information content (AvgIpc) is 2.64. The van der Waals surface area contributed by atoms with Crippen molar-refractivity contribution in [3.05, 3.63) is 57.0 Å². The van der Waals surface area contributed by atoms with Crippen molar-refractivity contribution in [2.45, 2.75) is 19.3 Å². The van der Waals surface area contributed by atoms with Crippen molar-refractivity contribution in [2.75, 3.05) is 17.2 Å². The molecule has 0 radical (unpaired) electrons. The normalized spacial score (nSPS) is 10.2. The zero-order valence-corrected chi connectivity index (χ0v) is 17.7. The molecule has 0 aliphatic carbocycles. The summed E-state index contributed by atoms with van der Waals surface area (Å²) >= 11 is 15.2. The van der Waals surface area contributed by atoms with Gasteiger partial charge in [-0.1, -0.05) is 51.3 Å². The van der Waals surface area contributed by atoms with Gasteiger partial charge in [0.2, 0.25) is 5.91 Å². The van der Waals surface area contributed by atoms with Crippen molar-refractivity contribution in [3.63, 3.8) is 0 Å². The summed E-state index contributed by atoms with van der Waals surface area (Å²) in [5.74, 6) is -1.33. The Morgan fingerprint density at radius 3 is 2.29 bits per heavy atom. The molecule has 28 heavy (non-hydrogen) atoms. The van der Waals surface area contributed by atoms with Gasteiger partial charge in [0.25, 0.3) is 5.91 Å². The molecule has 0 aromatic heterocycles. The van der Waals surface area contributed by atoms with Crippen molar-refractivity contribution >= 4 is 68.3 Å². The molecule has 0 bridgehead atoms. The van der Waals surface area contributed by atoms with Crippen LogP contribution in [-0.4, -0.2) is 24.4 Å². The van der Waals surface area contributed by atoms with Gasteiger partial charge in [-0.3, -0.25) is 14.4 Å². The second kappa shape index (κ2) is 11.0. The lowest BCUT2D eigenvalue weighted by atomic mass is 10.2. The number of carbonyl (C=O) groups is 3. The molecule has 0 aliphatic rings. The lowest BCUT2D eigenvalue weighted by molar-refractivity contribution is -0.147. The zero-order chi connectivity index (χ0) is 20.5. The van der Waals surface area contributed by atoms with Crippen LogP contribution in [0.2, 0.25) is 10.0 Å². The molecule has 0 atom stereocenters. The number of rotatable bonds is 8. The third-order valence-electron chi connectivity index (χ3n) is 3.50. The molecule has 2 aromatic carbocycles. The Morgan fingerprint density at radius 1 is 0.893 bits per heavy atom. The third-order valence-corrected chi connectivity index (χ3v) is 4.64. The van der Waals surface area contributed by atoms with Gasteiger partial charge in [-0.05, 0) is 36.8 Å². The van der Waals surface area contributed by atoms with E-state index < -0.39 is 18.5 Å². The fraction of sp³-hybridized carbons (Fsp3) is 0.211. The molecule has 0 spiro atoms. The Kier molecular flexibility index (Phi) is 8.76. The van der Waals surface area contributed by atoms with Gasteiger partial charge in [-0.25, -0.2) is 0 Å². The molecule has 6 nitrogen and oxygen atoms in total. The minimum Gasteiger partial charge on any atom is -0.456 e. The smallest absolute Gasteiger partial charge is 0.306 e. The van der Waals surface area contributed by atoms with E-state index in [1.165, 1.54) is 0 Å². The summed E-state index contributed by atoms with van der Waals surface area (Å²) in [7, 11) is 0. The largest absolute Gasteiger partial charge is 0.456 e. The Bertz CT molecular complexity index is 877. The first-order valence-electron chi connectivity index (χ1n) is 8.30. The standard InChI is InChI=1S/C19H17BrCl2N2O4/c20-12-8-9-16(14(22)10-12)24-18(26)11-28-19(27)7-3-6-17(25)23-15-5-2-1-4-13(15)21/h1-2,4-5,8-10H,3,6-7,11H2,(H,23,25)(H,24,26). The van der Waals surface area contributed by atoms with E-state index in [-0.39, 0.29) is 25.2 Å². The van der Waals surface area contributed by atoms with E-state index in [1.807, 2.05) is 0 Å². The summed E-state index contributed by atoms with van der Waals surface area (Å²) in [6.45, 7) is -0.433. The van der Waals surface area contributed by atoms with Gasteiger partial charge in [-0.2, -0.15) is 0 Å². The van der Waals surface area contributed by atoms with Gasteiger partial charge >= 0.3 is 5.97 Å². The van der Waals surface area contributed by atoms with Crippen LogP contribution in [0.25, 0.3) is 0 Å². The number of anilines is 2. The second-order valence-corrected chi connectivity index (χ2v) is 7.44. The fourth-order valence-electron chi connectivity index (χ4n) is 2.16. The molecule has 0 fully saturated rings. The maximum atomic E-state index is 11.9. The molecular weight excluding hydrogens is 471 g/mol. The first-order valence-corrected chi connectivity index (χ1v) is 9.85. The number of carbonyl (C=O) groups excluding carboxylic acids is 3. The third kappa shape index (κ3) is 7.50. The van der Waals surface area contributed by atoms with Gasteiger partial charge in [-0.15, -0.1) is 0 Å². The average molecular weight is 488 g/mol. The molecule has 0 unspecified atom stereocenters. The molecule has 0 saturated heterocycles. The summed E-state index contributed by atoms with van der Waals surface area (Å²) in [5, 5.41) is 6.02. The van der Waals surface area contributed by atoms with Crippen molar-refractivity contribution in [1.82, 2.24) is 0 Å². The van der Waals surface area contributed by atoms with Crippen molar-refractivity contribution in [1.29, 1.82) is 0 Å². The van der Waals surface area contributed by atoms with Crippen LogP contribution in [-0.2, 0) is 19.1 Å². The molecule has 2 N–H and O–H groups in total. The van der Waals surface area contributed by atoms with Crippen LogP contribution in [0.15, 0.2) is 46.9 Å². The van der Waals surface area contributed by atoms with E-state index in [2.05, 4.69) is 26.6 Å². The van der Waals surface area contributed by atoms with E-state index in [0.29, 0.717) is 21.4 Å². The van der Waals surface area contributed by atoms with Crippen LogP contribution in [0.4, 0.5) is 11.4 Å². The Hall–Kier alpha value is -2.09. The zero-order valence-electron chi connectivity index (χ0n) is 14.6. The number of ether oxygens (including phenoxy) is 1. The highest BCUT2D eigenvalue weighted by Gasteiger charge is 2.11. The summed E-state index contributed by atoms with van der Waals surface area (Å²) in [4.78, 5) is 35.4. The number of nitrogens with one attached hydrogen (secondary N) is 2. The Balaban J connectivity index is 1.66. The molecule has 0 aliphatic heterocycles. The van der Waals surface area contributed by atoms with Gasteiger partial charge in [0.1, 0.15) is 0 Å². The van der Waals surface area contributed by atoms with Crippen LogP contribution < -0.4 is 10.6 Å². The van der Waals surface area contributed by atoms with Crippen LogP contribution >= 0.6 is 39.1 Å². The molecule has 9 heteroatoms. The number of esters is 1. The minimum absolute atomic E-state index is 0.0161. The molecule has 0 saturated carbocycles. The number of hydrogen-bond acceptors (Lipinski definition) is 4. The maximum absolute atomic E-state index is 11.9. The van der Waals surface area contributed by atoms with Crippen LogP contribution in [0.1, 0.15) is 19.3 Å². The monoisotopic (exact) mass is 486 g/mol. The SMILES string of the molecule is O=C(CCCC(=O)OCC(=O)Nc1ccc(Br)cc1Cl)Nc1ccccc1Cl. The quantitative estimate of drug-likeness (QED) is 0.510. The van der Waals surface area contributed by atoms with Crippen molar-refractivity contribution < 1.29 is 19.1 Å². The summed E-state index contributed by atoms with van der Waals surface area (Å²) in [5.41, 5.74) is 0.933. The van der Waals surface area contributed by atoms with Crippen molar-refractivity contribution in [3.8, 4) is 0 Å². The molecule has 2 aromatic rings. The Labute approximate surface area is 180 Å². The van der Waals surface area contributed by atoms with Crippen molar-refractivity contribution in [2.24, 2.45) is 0 Å². The van der Waals surface area contributed by atoms with Crippen LogP contribution in [0, 0.1) is 0 Å². The first kappa shape index (κ1) is 22.2. The number of para-hydroxylation sites is 1. The Morgan fingerprint density at radius 2 is 1.57 bits per heavy atom. The van der Waals surface area contributed by atoms with Crippen LogP contribution in [0.3, 0.4) is 0 Å². The lowest BCUT2D eigenvalue weighted by Gasteiger charge is -2.09. The molecule has 148 valence electrons. The fourth-order valence-corrected chi connectivity index (χ4v) is 3.07. The van der Waals surface area contributed by atoms with E-state index in [4.69, 9.17) is 27.9 Å². The summed E-state index contributed by atoms with van der Waals surface area (Å²) < 4.78 is 5.68.